The van der Waals surface area contributed by atoms with Crippen LogP contribution in [0, 0.1) is 17.6 Å². The van der Waals surface area contributed by atoms with Crippen LogP contribution >= 0.6 is 23.2 Å². The number of nitrogen functional groups attached to an aromatic ring is 1. The van der Waals surface area contributed by atoms with Crippen molar-refractivity contribution < 1.29 is 13.2 Å². The second kappa shape index (κ2) is 6.42. The van der Waals surface area contributed by atoms with Gasteiger partial charge in [0.1, 0.15) is 0 Å². The van der Waals surface area contributed by atoms with Crippen molar-refractivity contribution >= 4 is 29.0 Å². The van der Waals surface area contributed by atoms with Crippen LogP contribution in [0.1, 0.15) is 0 Å². The fourth-order valence-corrected chi connectivity index (χ4v) is 1.11. The summed E-state index contributed by atoms with van der Waals surface area (Å²) in [6.45, 7) is 0. The largest absolute Gasteiger partial charge is 0.381 e. The number of halogens is 5. The standard InChI is InChI=1S/C5H2ClF2N.C5H4ClFN2/c2*6-3-1-4(7)5(8)9-2-3/h1-2H;1-2H,(H2,8,9). The molecular formula is C10H6Cl2F3N3. The van der Waals surface area contributed by atoms with Crippen molar-refractivity contribution in [3.8, 4) is 0 Å². The molecule has 0 bridgehead atoms. The molecule has 0 aliphatic heterocycles. The molecule has 0 aromatic carbocycles. The Labute approximate surface area is 110 Å². The second-order valence-corrected chi connectivity index (χ2v) is 3.82. The van der Waals surface area contributed by atoms with Crippen LogP contribution in [0.4, 0.5) is 19.0 Å². The highest BCUT2D eigenvalue weighted by Gasteiger charge is 2.00. The van der Waals surface area contributed by atoms with E-state index in [1.54, 1.807) is 0 Å². The molecule has 18 heavy (non-hydrogen) atoms. The Hall–Kier alpha value is -1.53. The molecule has 0 amide bonds. The zero-order valence-corrected chi connectivity index (χ0v) is 10.2. The Bertz CT molecular complexity index is 502. The van der Waals surface area contributed by atoms with Crippen molar-refractivity contribution in [2.75, 3.05) is 5.73 Å². The topological polar surface area (TPSA) is 51.8 Å². The molecule has 2 N–H and O–H groups in total. The van der Waals surface area contributed by atoms with Gasteiger partial charge in [0.25, 0.3) is 0 Å². The molecule has 2 heterocycles. The van der Waals surface area contributed by atoms with Gasteiger partial charge >= 0.3 is 0 Å². The highest BCUT2D eigenvalue weighted by Crippen LogP contribution is 2.11. The fraction of sp³-hybridized carbons (Fsp3) is 0. The van der Waals surface area contributed by atoms with Gasteiger partial charge in [-0.05, 0) is 12.1 Å². The summed E-state index contributed by atoms with van der Waals surface area (Å²) >= 11 is 10.6. The monoisotopic (exact) mass is 295 g/mol. The molecule has 2 aromatic rings. The highest BCUT2D eigenvalue weighted by atomic mass is 35.5. The smallest absolute Gasteiger partial charge is 0.248 e. The first-order valence-corrected chi connectivity index (χ1v) is 5.19. The maximum absolute atomic E-state index is 12.3. The van der Waals surface area contributed by atoms with Crippen LogP contribution in [-0.4, -0.2) is 9.97 Å². The lowest BCUT2D eigenvalue weighted by Crippen LogP contribution is -1.92. The Morgan fingerprint density at radius 3 is 1.78 bits per heavy atom. The van der Waals surface area contributed by atoms with Gasteiger partial charge < -0.3 is 5.73 Å². The van der Waals surface area contributed by atoms with Gasteiger partial charge in [0.2, 0.25) is 5.95 Å². The summed E-state index contributed by atoms with van der Waals surface area (Å²) < 4.78 is 36.3. The average molecular weight is 296 g/mol. The van der Waals surface area contributed by atoms with Crippen LogP contribution in [-0.2, 0) is 0 Å². The lowest BCUT2D eigenvalue weighted by atomic mass is 10.4. The van der Waals surface area contributed by atoms with E-state index < -0.39 is 17.6 Å². The molecule has 8 heteroatoms. The van der Waals surface area contributed by atoms with Crippen molar-refractivity contribution in [2.45, 2.75) is 0 Å². The molecule has 3 nitrogen and oxygen atoms in total. The van der Waals surface area contributed by atoms with Gasteiger partial charge in [0.05, 0.1) is 10.0 Å². The number of hydrogen-bond donors (Lipinski definition) is 1. The maximum atomic E-state index is 12.3. The van der Waals surface area contributed by atoms with E-state index >= 15 is 0 Å². The summed E-state index contributed by atoms with van der Waals surface area (Å²) in [4.78, 5) is 6.45. The molecular weight excluding hydrogens is 290 g/mol. The van der Waals surface area contributed by atoms with E-state index in [4.69, 9.17) is 28.9 Å². The predicted octanol–water partition coefficient (Wildman–Crippen LogP) is 3.47. The summed E-state index contributed by atoms with van der Waals surface area (Å²) in [5.41, 5.74) is 5.04. The lowest BCUT2D eigenvalue weighted by molar-refractivity contribution is 0.479. The van der Waals surface area contributed by atoms with Crippen molar-refractivity contribution in [3.63, 3.8) is 0 Å². The second-order valence-electron chi connectivity index (χ2n) is 2.95. The Balaban J connectivity index is 0.000000180. The Morgan fingerprint density at radius 1 is 0.889 bits per heavy atom. The first-order chi connectivity index (χ1) is 8.40. The van der Waals surface area contributed by atoms with Crippen molar-refractivity contribution in [1.29, 1.82) is 0 Å². The third-order valence-corrected chi connectivity index (χ3v) is 2.01. The van der Waals surface area contributed by atoms with E-state index in [2.05, 4.69) is 9.97 Å². The number of anilines is 1. The van der Waals surface area contributed by atoms with Gasteiger partial charge in [-0.2, -0.15) is 4.39 Å². The average Bonchev–Trinajstić information content (AvgIpc) is 2.30. The number of aromatic nitrogens is 2. The first kappa shape index (κ1) is 14.5. The molecule has 2 aromatic heterocycles. The number of rotatable bonds is 0. The van der Waals surface area contributed by atoms with Crippen molar-refractivity contribution in [1.82, 2.24) is 9.97 Å². The third kappa shape index (κ3) is 4.38. The van der Waals surface area contributed by atoms with E-state index in [0.717, 1.165) is 18.3 Å². The van der Waals surface area contributed by atoms with E-state index in [0.29, 0.717) is 0 Å². The fourth-order valence-electron chi connectivity index (χ4n) is 0.823. The molecule has 96 valence electrons. The summed E-state index contributed by atoms with van der Waals surface area (Å²) in [6.07, 6.45) is 2.33. The van der Waals surface area contributed by atoms with Gasteiger partial charge in [0.15, 0.2) is 17.5 Å². The number of nitrogens with zero attached hydrogens (tertiary/aromatic N) is 2. The van der Waals surface area contributed by atoms with E-state index in [-0.39, 0.29) is 15.9 Å². The van der Waals surface area contributed by atoms with E-state index in [1.807, 2.05) is 0 Å². The Morgan fingerprint density at radius 2 is 1.39 bits per heavy atom. The van der Waals surface area contributed by atoms with Crippen LogP contribution in [0.3, 0.4) is 0 Å². The summed E-state index contributed by atoms with van der Waals surface area (Å²) in [7, 11) is 0. The van der Waals surface area contributed by atoms with E-state index in [9.17, 15) is 13.2 Å². The minimum atomic E-state index is -1.13. The molecule has 0 aliphatic rings. The van der Waals surface area contributed by atoms with Gasteiger partial charge in [-0.3, -0.25) is 0 Å². The molecule has 0 radical (unpaired) electrons. The van der Waals surface area contributed by atoms with Crippen LogP contribution in [0.15, 0.2) is 24.5 Å². The molecule has 2 rings (SSSR count). The molecule has 0 saturated carbocycles. The van der Waals surface area contributed by atoms with Crippen LogP contribution in [0.5, 0.6) is 0 Å². The first-order valence-electron chi connectivity index (χ1n) is 4.43. The number of pyridine rings is 2. The van der Waals surface area contributed by atoms with E-state index in [1.165, 1.54) is 6.20 Å². The normalized spacial score (nSPS) is 9.61. The van der Waals surface area contributed by atoms with Crippen LogP contribution < -0.4 is 5.73 Å². The van der Waals surface area contributed by atoms with Crippen LogP contribution in [0.2, 0.25) is 10.0 Å². The van der Waals surface area contributed by atoms with Gasteiger partial charge in [-0.15, -0.1) is 0 Å². The van der Waals surface area contributed by atoms with Crippen molar-refractivity contribution in [3.05, 3.63) is 52.2 Å². The summed E-state index contributed by atoms with van der Waals surface area (Å²) in [6, 6.07) is 1.98. The summed E-state index contributed by atoms with van der Waals surface area (Å²) in [5, 5.41) is 0.343. The SMILES string of the molecule is Fc1cc(Cl)cnc1F.Nc1ncc(Cl)cc1F. The lowest BCUT2D eigenvalue weighted by Gasteiger charge is -1.92. The molecule has 0 fully saturated rings. The highest BCUT2D eigenvalue weighted by molar-refractivity contribution is 6.30. The van der Waals surface area contributed by atoms with Gasteiger partial charge in [-0.25, -0.2) is 18.7 Å². The zero-order chi connectivity index (χ0) is 13.7. The van der Waals surface area contributed by atoms with Gasteiger partial charge in [-0.1, -0.05) is 23.2 Å². The number of hydrogen-bond acceptors (Lipinski definition) is 3. The Kier molecular flexibility index (Phi) is 5.18. The molecule has 0 unspecified atom stereocenters. The van der Waals surface area contributed by atoms with Crippen LogP contribution in [0.25, 0.3) is 0 Å². The molecule has 0 spiro atoms. The zero-order valence-electron chi connectivity index (χ0n) is 8.67. The predicted molar refractivity (Wildman–Crippen MR) is 62.8 cm³/mol. The summed E-state index contributed by atoms with van der Waals surface area (Å²) in [5.74, 6) is -2.86. The third-order valence-electron chi connectivity index (χ3n) is 1.60. The molecule has 0 atom stereocenters. The molecule has 0 saturated heterocycles. The number of nitrogens with two attached hydrogens (primary N) is 1. The minimum Gasteiger partial charge on any atom is -0.381 e. The molecule has 0 aliphatic carbocycles. The maximum Gasteiger partial charge on any atom is 0.248 e. The minimum absolute atomic E-state index is 0.0916. The van der Waals surface area contributed by atoms with Gasteiger partial charge in [0, 0.05) is 12.4 Å². The van der Waals surface area contributed by atoms with Crippen molar-refractivity contribution in [2.24, 2.45) is 0 Å². The quantitative estimate of drug-likeness (QED) is 0.757.